The van der Waals surface area contributed by atoms with Gasteiger partial charge in [0.1, 0.15) is 17.2 Å². The fourth-order valence-electron chi connectivity index (χ4n) is 6.37. The molecule has 0 unspecified atom stereocenters. The molecule has 2 atom stereocenters. The van der Waals surface area contributed by atoms with Crippen molar-refractivity contribution < 1.29 is 19.1 Å². The number of nitrogens with zero attached hydrogens (tertiary/aromatic N) is 1. The zero-order valence-corrected chi connectivity index (χ0v) is 19.6. The Balaban J connectivity index is 1.22. The Bertz CT molecular complexity index is 1390. The van der Waals surface area contributed by atoms with Crippen LogP contribution in [0.4, 0.5) is 5.69 Å². The van der Waals surface area contributed by atoms with E-state index in [1.165, 1.54) is 27.2 Å². The molecule has 5 heteroatoms. The molecule has 4 aromatic rings. The van der Waals surface area contributed by atoms with Crippen LogP contribution in [-0.2, 0) is 9.59 Å². The second kappa shape index (κ2) is 7.82. The van der Waals surface area contributed by atoms with Gasteiger partial charge >= 0.3 is 0 Å². The summed E-state index contributed by atoms with van der Waals surface area (Å²) in [6.45, 7) is 0. The highest BCUT2D eigenvalue weighted by Gasteiger charge is 2.61. The number of amides is 2. The Hall–Kier alpha value is -4.38. The van der Waals surface area contributed by atoms with Crippen LogP contribution in [0.25, 0.3) is 0 Å². The Morgan fingerprint density at radius 2 is 0.944 bits per heavy atom. The fourth-order valence-corrected chi connectivity index (χ4v) is 6.37. The van der Waals surface area contributed by atoms with E-state index in [0.29, 0.717) is 17.2 Å². The highest BCUT2D eigenvalue weighted by atomic mass is 16.5. The molecule has 4 aliphatic rings. The smallest absolute Gasteiger partial charge is 0.238 e. The van der Waals surface area contributed by atoms with Crippen LogP contribution < -0.4 is 14.4 Å². The molecule has 0 aromatic heterocycles. The number of carbonyl (C=O) groups excluding carboxylic acids is 2. The van der Waals surface area contributed by atoms with Gasteiger partial charge in [0, 0.05) is 11.8 Å². The molecule has 36 heavy (non-hydrogen) atoms. The van der Waals surface area contributed by atoms with Gasteiger partial charge < -0.3 is 9.47 Å². The van der Waals surface area contributed by atoms with Crippen molar-refractivity contribution in [1.29, 1.82) is 0 Å². The van der Waals surface area contributed by atoms with E-state index in [9.17, 15) is 9.59 Å². The highest BCUT2D eigenvalue weighted by molar-refractivity contribution is 6.23. The molecule has 1 fully saturated rings. The molecule has 0 radical (unpaired) electrons. The molecule has 0 saturated carbocycles. The fraction of sp³-hybridized carbons (Fsp3) is 0.161. The molecule has 1 heterocycles. The lowest BCUT2D eigenvalue weighted by Crippen LogP contribution is -2.41. The van der Waals surface area contributed by atoms with Gasteiger partial charge in [-0.05, 0) is 70.8 Å². The van der Waals surface area contributed by atoms with E-state index in [-0.39, 0.29) is 35.5 Å². The van der Waals surface area contributed by atoms with Gasteiger partial charge in [-0.15, -0.1) is 0 Å². The van der Waals surface area contributed by atoms with Crippen LogP contribution in [0.1, 0.15) is 34.1 Å². The second-order valence-corrected chi connectivity index (χ2v) is 9.55. The summed E-state index contributed by atoms with van der Waals surface area (Å²) in [5, 5.41) is 0. The maximum absolute atomic E-state index is 13.9. The molecule has 1 aliphatic heterocycles. The van der Waals surface area contributed by atoms with Crippen molar-refractivity contribution in [3.63, 3.8) is 0 Å². The molecule has 0 spiro atoms. The molecule has 8 rings (SSSR count). The summed E-state index contributed by atoms with van der Waals surface area (Å²) in [7, 11) is 1.62. The van der Waals surface area contributed by atoms with Crippen molar-refractivity contribution in [2.24, 2.45) is 11.8 Å². The van der Waals surface area contributed by atoms with Crippen LogP contribution in [0.3, 0.4) is 0 Å². The standard InChI is InChI=1S/C31H23NO4/c1-35-19-14-16-21(17-15-19)36-20-12-10-18(11-13-20)32-30(33)28-26-22-6-2-3-7-23(22)27(29(28)31(32)34)25-9-5-4-8-24(25)26/h2-17,26-29H,1H3/t26?,27?,28-,29+. The number of hydrogen-bond acceptors (Lipinski definition) is 4. The normalized spacial score (nSPS) is 23.2. The predicted molar refractivity (Wildman–Crippen MR) is 136 cm³/mol. The molecule has 3 aliphatic carbocycles. The molecule has 4 aromatic carbocycles. The molecule has 5 nitrogen and oxygen atoms in total. The highest BCUT2D eigenvalue weighted by Crippen LogP contribution is 2.61. The van der Waals surface area contributed by atoms with E-state index in [1.54, 1.807) is 31.4 Å². The number of anilines is 1. The van der Waals surface area contributed by atoms with Gasteiger partial charge in [-0.25, -0.2) is 4.90 Å². The third kappa shape index (κ3) is 2.89. The number of benzene rings is 4. The van der Waals surface area contributed by atoms with Gasteiger partial charge in [-0.3, -0.25) is 9.59 Å². The lowest BCUT2D eigenvalue weighted by atomic mass is 9.55. The molecule has 0 N–H and O–H groups in total. The third-order valence-corrected chi connectivity index (χ3v) is 7.84. The van der Waals surface area contributed by atoms with Gasteiger partial charge in [-0.1, -0.05) is 48.5 Å². The summed E-state index contributed by atoms with van der Waals surface area (Å²) >= 11 is 0. The second-order valence-electron chi connectivity index (χ2n) is 9.55. The van der Waals surface area contributed by atoms with Gasteiger partial charge in [-0.2, -0.15) is 0 Å². The number of hydrogen-bond donors (Lipinski definition) is 0. The van der Waals surface area contributed by atoms with Crippen LogP contribution in [0.2, 0.25) is 0 Å². The van der Waals surface area contributed by atoms with Crippen molar-refractivity contribution in [3.8, 4) is 17.2 Å². The van der Waals surface area contributed by atoms with E-state index in [0.717, 1.165) is 5.75 Å². The summed E-state index contributed by atoms with van der Waals surface area (Å²) in [4.78, 5) is 29.1. The average molecular weight is 474 g/mol. The van der Waals surface area contributed by atoms with Gasteiger partial charge in [0.25, 0.3) is 0 Å². The maximum atomic E-state index is 13.9. The minimum Gasteiger partial charge on any atom is -0.497 e. The van der Waals surface area contributed by atoms with Gasteiger partial charge in [0.15, 0.2) is 0 Å². The van der Waals surface area contributed by atoms with E-state index in [4.69, 9.17) is 9.47 Å². The van der Waals surface area contributed by atoms with Gasteiger partial charge in [0.05, 0.1) is 24.6 Å². The Morgan fingerprint density at radius 1 is 0.556 bits per heavy atom. The zero-order chi connectivity index (χ0) is 24.4. The number of imide groups is 1. The number of methoxy groups -OCH3 is 1. The summed E-state index contributed by atoms with van der Waals surface area (Å²) in [5.41, 5.74) is 5.28. The number of carbonyl (C=O) groups is 2. The van der Waals surface area contributed by atoms with Crippen LogP contribution in [0, 0.1) is 11.8 Å². The first-order valence-electron chi connectivity index (χ1n) is 12.1. The van der Waals surface area contributed by atoms with Crippen LogP contribution >= 0.6 is 0 Å². The van der Waals surface area contributed by atoms with Crippen molar-refractivity contribution in [1.82, 2.24) is 0 Å². The minimum absolute atomic E-state index is 0.105. The van der Waals surface area contributed by atoms with Crippen LogP contribution in [-0.4, -0.2) is 18.9 Å². The Morgan fingerprint density at radius 3 is 1.36 bits per heavy atom. The molecular weight excluding hydrogens is 450 g/mol. The minimum atomic E-state index is -0.387. The Kier molecular flexibility index (Phi) is 4.55. The summed E-state index contributed by atoms with van der Waals surface area (Å²) in [6, 6.07) is 31.0. The van der Waals surface area contributed by atoms with Crippen molar-refractivity contribution in [3.05, 3.63) is 119 Å². The zero-order valence-electron chi connectivity index (χ0n) is 19.6. The van der Waals surface area contributed by atoms with E-state index in [2.05, 4.69) is 24.3 Å². The van der Waals surface area contributed by atoms with Crippen molar-refractivity contribution in [2.45, 2.75) is 11.8 Å². The van der Waals surface area contributed by atoms with Crippen molar-refractivity contribution >= 4 is 17.5 Å². The van der Waals surface area contributed by atoms with E-state index < -0.39 is 0 Å². The molecule has 2 bridgehead atoms. The number of ether oxygens (including phenoxy) is 2. The summed E-state index contributed by atoms with van der Waals surface area (Å²) in [6.07, 6.45) is 0. The van der Waals surface area contributed by atoms with E-state index in [1.807, 2.05) is 48.5 Å². The molecule has 1 saturated heterocycles. The van der Waals surface area contributed by atoms with Crippen LogP contribution in [0.15, 0.2) is 97.1 Å². The largest absolute Gasteiger partial charge is 0.497 e. The van der Waals surface area contributed by atoms with E-state index >= 15 is 0 Å². The van der Waals surface area contributed by atoms with Gasteiger partial charge in [0.2, 0.25) is 11.8 Å². The topological polar surface area (TPSA) is 55.8 Å². The maximum Gasteiger partial charge on any atom is 0.238 e. The third-order valence-electron chi connectivity index (χ3n) is 7.84. The SMILES string of the molecule is COc1ccc(Oc2ccc(N3C(=O)[C@@H]4C5c6ccccc6C(c6ccccc65)[C@@H]4C3=O)cc2)cc1. The average Bonchev–Trinajstić information content (AvgIpc) is 3.20. The Labute approximate surface area is 208 Å². The summed E-state index contributed by atoms with van der Waals surface area (Å²) in [5.74, 6) is 0.836. The first kappa shape index (κ1) is 20.9. The molecular formula is C31H23NO4. The molecule has 176 valence electrons. The predicted octanol–water partition coefficient (Wildman–Crippen LogP) is 5.88. The number of rotatable bonds is 4. The lowest BCUT2D eigenvalue weighted by Gasteiger charge is -2.45. The lowest BCUT2D eigenvalue weighted by molar-refractivity contribution is -0.122. The first-order chi connectivity index (χ1) is 17.7. The quantitative estimate of drug-likeness (QED) is 0.347. The summed E-state index contributed by atoms with van der Waals surface area (Å²) < 4.78 is 11.1. The molecule has 2 amide bonds. The first-order valence-corrected chi connectivity index (χ1v) is 12.1. The van der Waals surface area contributed by atoms with Crippen LogP contribution in [0.5, 0.6) is 17.2 Å². The monoisotopic (exact) mass is 473 g/mol. The van der Waals surface area contributed by atoms with Crippen molar-refractivity contribution in [2.75, 3.05) is 12.0 Å².